The number of hydrogen-bond acceptors (Lipinski definition) is 2. The molecule has 0 fully saturated rings. The van der Waals surface area contributed by atoms with E-state index in [4.69, 9.17) is 5.73 Å². The van der Waals surface area contributed by atoms with Gasteiger partial charge in [0.05, 0.1) is 0 Å². The third kappa shape index (κ3) is 7.88. The summed E-state index contributed by atoms with van der Waals surface area (Å²) in [7, 11) is 0. The van der Waals surface area contributed by atoms with Gasteiger partial charge in [0, 0.05) is 18.0 Å². The van der Waals surface area contributed by atoms with E-state index in [-0.39, 0.29) is 0 Å². The summed E-state index contributed by atoms with van der Waals surface area (Å²) in [6, 6.07) is 4.28. The van der Waals surface area contributed by atoms with Crippen LogP contribution in [0.25, 0.3) is 0 Å². The van der Waals surface area contributed by atoms with Gasteiger partial charge in [0.2, 0.25) is 0 Å². The number of rotatable bonds is 9. The Morgan fingerprint density at radius 3 is 2.95 bits per heavy atom. The van der Waals surface area contributed by atoms with E-state index in [2.05, 4.69) is 41.7 Å². The second-order valence-corrected chi connectivity index (χ2v) is 6.13. The van der Waals surface area contributed by atoms with Crippen molar-refractivity contribution in [2.75, 3.05) is 13.1 Å². The van der Waals surface area contributed by atoms with Gasteiger partial charge in [-0.15, -0.1) is 11.3 Å². The zero-order valence-corrected chi connectivity index (χ0v) is 13.0. The topological polar surface area (TPSA) is 50.4 Å². The van der Waals surface area contributed by atoms with Gasteiger partial charge in [0.15, 0.2) is 5.96 Å². The van der Waals surface area contributed by atoms with Crippen molar-refractivity contribution in [3.05, 3.63) is 22.4 Å². The van der Waals surface area contributed by atoms with Gasteiger partial charge >= 0.3 is 0 Å². The van der Waals surface area contributed by atoms with Gasteiger partial charge < -0.3 is 11.1 Å². The van der Waals surface area contributed by atoms with Gasteiger partial charge in [0.1, 0.15) is 0 Å². The summed E-state index contributed by atoms with van der Waals surface area (Å²) in [5.74, 6) is 1.13. The summed E-state index contributed by atoms with van der Waals surface area (Å²) in [4.78, 5) is 5.84. The van der Waals surface area contributed by atoms with Crippen molar-refractivity contribution in [1.29, 1.82) is 0 Å². The number of hydrogen-bond donors (Lipinski definition) is 2. The molecule has 0 bridgehead atoms. The molecule has 1 aromatic rings. The summed E-state index contributed by atoms with van der Waals surface area (Å²) in [5.41, 5.74) is 5.85. The Morgan fingerprint density at radius 1 is 1.42 bits per heavy atom. The first kappa shape index (κ1) is 16.0. The zero-order chi connectivity index (χ0) is 13.9. The maximum Gasteiger partial charge on any atom is 0.188 e. The number of guanidine groups is 1. The Hall–Kier alpha value is -1.03. The fourth-order valence-corrected chi connectivity index (χ4v) is 2.78. The van der Waals surface area contributed by atoms with Crippen LogP contribution in [0.5, 0.6) is 0 Å². The third-order valence-electron chi connectivity index (χ3n) is 3.04. The number of nitrogens with two attached hydrogens (primary N) is 1. The lowest BCUT2D eigenvalue weighted by molar-refractivity contribution is 0.595. The number of aliphatic imine (C=N–C) groups is 1. The smallest absolute Gasteiger partial charge is 0.188 e. The minimum atomic E-state index is 0.541. The van der Waals surface area contributed by atoms with E-state index < -0.39 is 0 Å². The van der Waals surface area contributed by atoms with Crippen LogP contribution in [0.1, 0.15) is 44.4 Å². The lowest BCUT2D eigenvalue weighted by atomic mass is 10.1. The summed E-state index contributed by atoms with van der Waals surface area (Å²) in [6.45, 7) is 6.18. The molecule has 0 saturated carbocycles. The van der Waals surface area contributed by atoms with Gasteiger partial charge in [-0.2, -0.15) is 0 Å². The highest BCUT2D eigenvalue weighted by Gasteiger charge is 2.04. The molecule has 3 nitrogen and oxygen atoms in total. The van der Waals surface area contributed by atoms with Crippen LogP contribution >= 0.6 is 11.3 Å². The fourth-order valence-electron chi connectivity index (χ4n) is 1.92. The average molecular weight is 281 g/mol. The van der Waals surface area contributed by atoms with Crippen molar-refractivity contribution in [1.82, 2.24) is 5.32 Å². The fraction of sp³-hybridized carbons (Fsp3) is 0.667. The van der Waals surface area contributed by atoms with Crippen LogP contribution in [0.2, 0.25) is 0 Å². The Labute approximate surface area is 121 Å². The molecule has 0 saturated heterocycles. The van der Waals surface area contributed by atoms with Gasteiger partial charge in [-0.1, -0.05) is 39.2 Å². The minimum Gasteiger partial charge on any atom is -0.370 e. The first-order chi connectivity index (χ1) is 9.22. The van der Waals surface area contributed by atoms with Crippen LogP contribution in [-0.2, 0) is 6.42 Å². The quantitative estimate of drug-likeness (QED) is 0.414. The van der Waals surface area contributed by atoms with Crippen LogP contribution in [-0.4, -0.2) is 19.0 Å². The van der Waals surface area contributed by atoms with Crippen LogP contribution in [0.4, 0.5) is 0 Å². The van der Waals surface area contributed by atoms with Gasteiger partial charge in [0.25, 0.3) is 0 Å². The summed E-state index contributed by atoms with van der Waals surface area (Å²) < 4.78 is 0. The molecule has 0 radical (unpaired) electrons. The first-order valence-corrected chi connectivity index (χ1v) is 8.16. The van der Waals surface area contributed by atoms with Crippen molar-refractivity contribution >= 4 is 17.3 Å². The van der Waals surface area contributed by atoms with Crippen molar-refractivity contribution in [2.45, 2.75) is 46.0 Å². The van der Waals surface area contributed by atoms with Crippen molar-refractivity contribution in [2.24, 2.45) is 16.6 Å². The van der Waals surface area contributed by atoms with Crippen molar-refractivity contribution in [3.63, 3.8) is 0 Å². The molecule has 4 heteroatoms. The summed E-state index contributed by atoms with van der Waals surface area (Å²) >= 11 is 1.81. The van der Waals surface area contributed by atoms with Crippen LogP contribution < -0.4 is 11.1 Å². The van der Waals surface area contributed by atoms with E-state index in [1.165, 1.54) is 30.6 Å². The van der Waals surface area contributed by atoms with Crippen LogP contribution in [0.3, 0.4) is 0 Å². The summed E-state index contributed by atoms with van der Waals surface area (Å²) in [6.07, 6.45) is 6.10. The highest BCUT2D eigenvalue weighted by Crippen LogP contribution is 2.14. The monoisotopic (exact) mass is 281 g/mol. The third-order valence-corrected chi connectivity index (χ3v) is 3.94. The van der Waals surface area contributed by atoms with E-state index >= 15 is 0 Å². The molecule has 1 unspecified atom stereocenters. The van der Waals surface area contributed by atoms with Crippen molar-refractivity contribution in [3.8, 4) is 0 Å². The van der Waals surface area contributed by atoms with Crippen molar-refractivity contribution < 1.29 is 0 Å². The van der Waals surface area contributed by atoms with E-state index in [0.717, 1.165) is 19.5 Å². The second kappa shape index (κ2) is 9.84. The maximum atomic E-state index is 5.85. The van der Waals surface area contributed by atoms with Gasteiger partial charge in [-0.25, -0.2) is 0 Å². The molecule has 0 aromatic carbocycles. The summed E-state index contributed by atoms with van der Waals surface area (Å²) in [5, 5.41) is 5.31. The van der Waals surface area contributed by atoms with E-state index in [9.17, 15) is 0 Å². The lowest BCUT2D eigenvalue weighted by Gasteiger charge is -2.09. The molecule has 0 amide bonds. The molecule has 0 aliphatic heterocycles. The molecule has 0 aliphatic carbocycles. The minimum absolute atomic E-state index is 0.541. The molecule has 0 spiro atoms. The maximum absolute atomic E-state index is 5.85. The second-order valence-electron chi connectivity index (χ2n) is 5.10. The highest BCUT2D eigenvalue weighted by atomic mass is 32.1. The normalized spacial score (nSPS) is 13.5. The molecular weight excluding hydrogens is 254 g/mol. The van der Waals surface area contributed by atoms with Crippen LogP contribution in [0.15, 0.2) is 22.5 Å². The Kier molecular flexibility index (Phi) is 8.30. The van der Waals surface area contributed by atoms with Gasteiger partial charge in [-0.3, -0.25) is 4.99 Å². The largest absolute Gasteiger partial charge is 0.370 e. The number of thiophene rings is 1. The first-order valence-electron chi connectivity index (χ1n) is 7.28. The Balaban J connectivity index is 2.12. The Bertz CT molecular complexity index is 346. The lowest BCUT2D eigenvalue weighted by Crippen LogP contribution is -2.33. The molecular formula is C15H27N3S. The van der Waals surface area contributed by atoms with E-state index in [0.29, 0.717) is 11.9 Å². The Morgan fingerprint density at radius 2 is 2.26 bits per heavy atom. The predicted octanol–water partition coefficient (Wildman–Crippen LogP) is 3.41. The highest BCUT2D eigenvalue weighted by molar-refractivity contribution is 7.09. The average Bonchev–Trinajstić information content (AvgIpc) is 2.89. The number of nitrogens with zero attached hydrogens (tertiary/aromatic N) is 1. The van der Waals surface area contributed by atoms with Crippen LogP contribution in [0, 0.1) is 5.92 Å². The standard InChI is InChI=1S/C15H27N3S/c1-3-4-5-6-9-17-15(16)18-12-13(2)11-14-8-7-10-19-14/h7-8,10,13H,3-6,9,11-12H2,1-2H3,(H3,16,17,18). The molecule has 0 aliphatic rings. The SMILES string of the molecule is CCCCCCNC(N)=NCC(C)Cc1cccs1. The molecule has 1 aromatic heterocycles. The molecule has 1 atom stereocenters. The zero-order valence-electron chi connectivity index (χ0n) is 12.2. The number of unbranched alkanes of at least 4 members (excludes halogenated alkanes) is 3. The number of nitrogens with one attached hydrogen (secondary N) is 1. The van der Waals surface area contributed by atoms with E-state index in [1.54, 1.807) is 0 Å². The molecule has 19 heavy (non-hydrogen) atoms. The molecule has 1 rings (SSSR count). The van der Waals surface area contributed by atoms with E-state index in [1.807, 2.05) is 11.3 Å². The molecule has 108 valence electrons. The molecule has 1 heterocycles. The predicted molar refractivity (Wildman–Crippen MR) is 85.8 cm³/mol. The van der Waals surface area contributed by atoms with Gasteiger partial charge in [-0.05, 0) is 30.2 Å². The molecule has 3 N–H and O–H groups in total.